The number of carbonyl (C=O) groups is 1. The third-order valence-electron chi connectivity index (χ3n) is 3.09. The van der Waals surface area contributed by atoms with Gasteiger partial charge < -0.3 is 11.1 Å². The van der Waals surface area contributed by atoms with Gasteiger partial charge in [0.15, 0.2) is 0 Å². The molecule has 1 aromatic rings. The number of hydrogen-bond donors (Lipinski definition) is 2. The van der Waals surface area contributed by atoms with Gasteiger partial charge in [-0.15, -0.1) is 0 Å². The van der Waals surface area contributed by atoms with Crippen molar-refractivity contribution in [2.45, 2.75) is 33.2 Å². The van der Waals surface area contributed by atoms with Crippen molar-refractivity contribution < 1.29 is 4.79 Å². The molecule has 1 aromatic carbocycles. The molecule has 4 heteroatoms. The number of rotatable bonds is 4. The second-order valence-electron chi connectivity index (χ2n) is 4.39. The molecule has 2 unspecified atom stereocenters. The Bertz CT molecular complexity index is 406. The number of nitrogen functional groups attached to an aromatic ring is 1. The lowest BCUT2D eigenvalue weighted by atomic mass is 10.0. The second kappa shape index (κ2) is 6.05. The SMILES string of the molecule is CCC(C)C(C)NC(=O)c1cc(N)ccc1Br. The Morgan fingerprint density at radius 3 is 2.71 bits per heavy atom. The molecule has 2 atom stereocenters. The average Bonchev–Trinajstić information content (AvgIpc) is 2.30. The Morgan fingerprint density at radius 1 is 1.47 bits per heavy atom. The molecular formula is C13H19BrN2O. The quantitative estimate of drug-likeness (QED) is 0.839. The van der Waals surface area contributed by atoms with E-state index in [0.717, 1.165) is 10.9 Å². The molecule has 17 heavy (non-hydrogen) atoms. The van der Waals surface area contributed by atoms with Crippen LogP contribution < -0.4 is 11.1 Å². The van der Waals surface area contributed by atoms with E-state index in [1.54, 1.807) is 18.2 Å². The van der Waals surface area contributed by atoms with Crippen molar-refractivity contribution in [3.8, 4) is 0 Å². The lowest BCUT2D eigenvalue weighted by Crippen LogP contribution is -2.37. The summed E-state index contributed by atoms with van der Waals surface area (Å²) in [6.45, 7) is 6.26. The van der Waals surface area contributed by atoms with Gasteiger partial charge in [-0.2, -0.15) is 0 Å². The van der Waals surface area contributed by atoms with Crippen molar-refractivity contribution >= 4 is 27.5 Å². The number of benzene rings is 1. The standard InChI is InChI=1S/C13H19BrN2O/c1-4-8(2)9(3)16-13(17)11-7-10(15)5-6-12(11)14/h5-9H,4,15H2,1-3H3,(H,16,17). The van der Waals surface area contributed by atoms with Gasteiger partial charge in [0.05, 0.1) is 5.56 Å². The van der Waals surface area contributed by atoms with Gasteiger partial charge in [0.25, 0.3) is 5.91 Å². The van der Waals surface area contributed by atoms with E-state index in [1.165, 1.54) is 0 Å². The van der Waals surface area contributed by atoms with Crippen molar-refractivity contribution in [1.82, 2.24) is 5.32 Å². The fourth-order valence-corrected chi connectivity index (χ4v) is 1.92. The highest BCUT2D eigenvalue weighted by atomic mass is 79.9. The summed E-state index contributed by atoms with van der Waals surface area (Å²) in [4.78, 5) is 12.1. The second-order valence-corrected chi connectivity index (χ2v) is 5.24. The van der Waals surface area contributed by atoms with Crippen LogP contribution in [0.5, 0.6) is 0 Å². The summed E-state index contributed by atoms with van der Waals surface area (Å²) in [7, 11) is 0. The van der Waals surface area contributed by atoms with E-state index in [2.05, 4.69) is 35.1 Å². The topological polar surface area (TPSA) is 55.1 Å². The highest BCUT2D eigenvalue weighted by Gasteiger charge is 2.16. The molecule has 0 bridgehead atoms. The lowest BCUT2D eigenvalue weighted by molar-refractivity contribution is 0.0927. The van der Waals surface area contributed by atoms with Gasteiger partial charge in [-0.3, -0.25) is 4.79 Å². The van der Waals surface area contributed by atoms with Gasteiger partial charge in [-0.25, -0.2) is 0 Å². The molecule has 0 heterocycles. The normalized spacial score (nSPS) is 14.1. The zero-order valence-electron chi connectivity index (χ0n) is 10.5. The van der Waals surface area contributed by atoms with Crippen LogP contribution in [0.3, 0.4) is 0 Å². The van der Waals surface area contributed by atoms with Crippen molar-refractivity contribution in [3.05, 3.63) is 28.2 Å². The highest BCUT2D eigenvalue weighted by molar-refractivity contribution is 9.10. The maximum Gasteiger partial charge on any atom is 0.252 e. The summed E-state index contributed by atoms with van der Waals surface area (Å²) in [6, 6.07) is 5.39. The Hall–Kier alpha value is -1.03. The summed E-state index contributed by atoms with van der Waals surface area (Å²) in [6.07, 6.45) is 1.04. The molecule has 0 aliphatic carbocycles. The first-order chi connectivity index (χ1) is 7.95. The minimum Gasteiger partial charge on any atom is -0.399 e. The van der Waals surface area contributed by atoms with Crippen molar-refractivity contribution in [2.24, 2.45) is 5.92 Å². The Morgan fingerprint density at radius 2 is 2.12 bits per heavy atom. The molecule has 94 valence electrons. The molecule has 0 spiro atoms. The Balaban J connectivity index is 2.79. The van der Waals surface area contributed by atoms with Crippen molar-refractivity contribution in [2.75, 3.05) is 5.73 Å². The van der Waals surface area contributed by atoms with E-state index in [-0.39, 0.29) is 11.9 Å². The summed E-state index contributed by atoms with van der Waals surface area (Å²) in [5, 5.41) is 2.99. The van der Waals surface area contributed by atoms with Gasteiger partial charge in [0.1, 0.15) is 0 Å². The number of halogens is 1. The maximum absolute atomic E-state index is 12.1. The van der Waals surface area contributed by atoms with E-state index >= 15 is 0 Å². The largest absolute Gasteiger partial charge is 0.399 e. The first-order valence-corrected chi connectivity index (χ1v) is 6.60. The fraction of sp³-hybridized carbons (Fsp3) is 0.462. The first-order valence-electron chi connectivity index (χ1n) is 5.81. The van der Waals surface area contributed by atoms with Crippen LogP contribution in [0, 0.1) is 5.92 Å². The van der Waals surface area contributed by atoms with Crippen LogP contribution in [0.25, 0.3) is 0 Å². The van der Waals surface area contributed by atoms with Gasteiger partial charge in [0.2, 0.25) is 0 Å². The van der Waals surface area contributed by atoms with Crippen LogP contribution in [0.15, 0.2) is 22.7 Å². The molecule has 0 saturated carbocycles. The van der Waals surface area contributed by atoms with Crippen LogP contribution >= 0.6 is 15.9 Å². The minimum atomic E-state index is -0.0861. The van der Waals surface area contributed by atoms with Gasteiger partial charge >= 0.3 is 0 Å². The van der Waals surface area contributed by atoms with Crippen molar-refractivity contribution in [3.63, 3.8) is 0 Å². The number of nitrogens with two attached hydrogens (primary N) is 1. The fourth-order valence-electron chi connectivity index (χ4n) is 1.50. The number of anilines is 1. The zero-order chi connectivity index (χ0) is 13.0. The smallest absolute Gasteiger partial charge is 0.252 e. The molecule has 3 nitrogen and oxygen atoms in total. The number of nitrogens with one attached hydrogen (secondary N) is 1. The third kappa shape index (κ3) is 3.73. The predicted octanol–water partition coefficient (Wildman–Crippen LogP) is 3.20. The number of carbonyl (C=O) groups excluding carboxylic acids is 1. The third-order valence-corrected chi connectivity index (χ3v) is 3.78. The van der Waals surface area contributed by atoms with E-state index < -0.39 is 0 Å². The zero-order valence-corrected chi connectivity index (χ0v) is 12.0. The van der Waals surface area contributed by atoms with E-state index in [4.69, 9.17) is 5.73 Å². The molecular weight excluding hydrogens is 280 g/mol. The Labute approximate surface area is 111 Å². The molecule has 0 saturated heterocycles. The molecule has 0 aromatic heterocycles. The highest BCUT2D eigenvalue weighted by Crippen LogP contribution is 2.20. The Kier molecular flexibility index (Phi) is 5.00. The number of amides is 1. The van der Waals surface area contributed by atoms with E-state index in [1.807, 2.05) is 6.92 Å². The summed E-state index contributed by atoms with van der Waals surface area (Å²) >= 11 is 3.36. The molecule has 1 amide bonds. The molecule has 0 aliphatic heterocycles. The molecule has 3 N–H and O–H groups in total. The van der Waals surface area contributed by atoms with Crippen LogP contribution in [0.2, 0.25) is 0 Å². The minimum absolute atomic E-state index is 0.0861. The maximum atomic E-state index is 12.1. The summed E-state index contributed by atoms with van der Waals surface area (Å²) in [5.74, 6) is 0.371. The van der Waals surface area contributed by atoms with Crippen LogP contribution in [0.4, 0.5) is 5.69 Å². The molecule has 1 rings (SSSR count). The van der Waals surface area contributed by atoms with Crippen LogP contribution in [-0.2, 0) is 0 Å². The predicted molar refractivity (Wildman–Crippen MR) is 74.9 cm³/mol. The monoisotopic (exact) mass is 298 g/mol. The average molecular weight is 299 g/mol. The van der Waals surface area contributed by atoms with Crippen LogP contribution in [0.1, 0.15) is 37.6 Å². The molecule has 0 radical (unpaired) electrons. The molecule has 0 aliphatic rings. The van der Waals surface area contributed by atoms with Crippen molar-refractivity contribution in [1.29, 1.82) is 0 Å². The molecule has 0 fully saturated rings. The lowest BCUT2D eigenvalue weighted by Gasteiger charge is -2.20. The summed E-state index contributed by atoms with van der Waals surface area (Å²) < 4.78 is 0.764. The van der Waals surface area contributed by atoms with E-state index in [0.29, 0.717) is 17.2 Å². The van der Waals surface area contributed by atoms with Gasteiger partial charge in [-0.05, 0) is 47.0 Å². The van der Waals surface area contributed by atoms with E-state index in [9.17, 15) is 4.79 Å². The van der Waals surface area contributed by atoms with Gasteiger partial charge in [-0.1, -0.05) is 20.3 Å². The first kappa shape index (κ1) is 14.0. The van der Waals surface area contributed by atoms with Gasteiger partial charge in [0, 0.05) is 16.2 Å². The summed E-state index contributed by atoms with van der Waals surface area (Å²) in [5.41, 5.74) is 6.86. The van der Waals surface area contributed by atoms with Crippen LogP contribution in [-0.4, -0.2) is 11.9 Å². The number of hydrogen-bond acceptors (Lipinski definition) is 2.